The van der Waals surface area contributed by atoms with Crippen molar-refractivity contribution >= 4 is 5.96 Å². The standard InChI is InChI=1S/C7H18N4/c1-10(2)6-5-9-7(8)11(3)4/h5-6H2,1-4H3,(H2,8,9). The lowest BCUT2D eigenvalue weighted by atomic mass is 10.6. The third kappa shape index (κ3) is 5.66. The summed E-state index contributed by atoms with van der Waals surface area (Å²) in [5.41, 5.74) is 5.56. The second-order valence-electron chi connectivity index (χ2n) is 2.94. The number of hydrogen-bond donors (Lipinski definition) is 1. The highest BCUT2D eigenvalue weighted by Gasteiger charge is 1.92. The Labute approximate surface area is 68.7 Å². The minimum absolute atomic E-state index is 0.590. The first-order chi connectivity index (χ1) is 5.04. The van der Waals surface area contributed by atoms with Crippen molar-refractivity contribution in [2.24, 2.45) is 10.7 Å². The van der Waals surface area contributed by atoms with Crippen molar-refractivity contribution in [3.8, 4) is 0 Å². The van der Waals surface area contributed by atoms with E-state index in [0.29, 0.717) is 5.96 Å². The average Bonchev–Trinajstić information content (AvgIpc) is 1.86. The molecule has 0 aliphatic carbocycles. The normalized spacial score (nSPS) is 12.3. The molecule has 0 spiro atoms. The highest BCUT2D eigenvalue weighted by molar-refractivity contribution is 5.77. The lowest BCUT2D eigenvalue weighted by Gasteiger charge is -2.11. The van der Waals surface area contributed by atoms with Crippen LogP contribution in [0.4, 0.5) is 0 Å². The Hall–Kier alpha value is -0.770. The Kier molecular flexibility index (Phi) is 4.61. The number of rotatable bonds is 3. The van der Waals surface area contributed by atoms with Gasteiger partial charge in [-0.3, -0.25) is 4.99 Å². The summed E-state index contributed by atoms with van der Waals surface area (Å²) in [6, 6.07) is 0. The van der Waals surface area contributed by atoms with Crippen molar-refractivity contribution in [1.82, 2.24) is 9.80 Å². The second kappa shape index (κ2) is 4.96. The number of aliphatic imine (C=N–C) groups is 1. The maximum absolute atomic E-state index is 5.56. The predicted molar refractivity (Wildman–Crippen MR) is 48.7 cm³/mol. The first kappa shape index (κ1) is 10.2. The fourth-order valence-electron chi connectivity index (χ4n) is 0.506. The van der Waals surface area contributed by atoms with Crippen LogP contribution in [-0.4, -0.2) is 57.0 Å². The van der Waals surface area contributed by atoms with E-state index in [-0.39, 0.29) is 0 Å². The van der Waals surface area contributed by atoms with E-state index in [1.807, 2.05) is 28.2 Å². The zero-order valence-electron chi connectivity index (χ0n) is 7.83. The molecule has 0 fully saturated rings. The maximum Gasteiger partial charge on any atom is 0.190 e. The predicted octanol–water partition coefficient (Wildman–Crippen LogP) is -0.576. The van der Waals surface area contributed by atoms with E-state index in [1.54, 1.807) is 4.90 Å². The van der Waals surface area contributed by atoms with Crippen LogP contribution < -0.4 is 5.73 Å². The lowest BCUT2D eigenvalue weighted by Crippen LogP contribution is -2.31. The average molecular weight is 158 g/mol. The summed E-state index contributed by atoms with van der Waals surface area (Å²) in [4.78, 5) is 8.02. The molecule has 0 saturated carbocycles. The molecule has 0 aliphatic heterocycles. The second-order valence-corrected chi connectivity index (χ2v) is 2.94. The number of nitrogens with two attached hydrogens (primary N) is 1. The van der Waals surface area contributed by atoms with Gasteiger partial charge in [0.05, 0.1) is 6.54 Å². The lowest BCUT2D eigenvalue weighted by molar-refractivity contribution is 0.419. The van der Waals surface area contributed by atoms with Gasteiger partial charge in [-0.1, -0.05) is 0 Å². The van der Waals surface area contributed by atoms with Crippen molar-refractivity contribution in [3.63, 3.8) is 0 Å². The van der Waals surface area contributed by atoms with E-state index in [2.05, 4.69) is 9.89 Å². The van der Waals surface area contributed by atoms with Crippen molar-refractivity contribution < 1.29 is 0 Å². The van der Waals surface area contributed by atoms with Crippen molar-refractivity contribution in [1.29, 1.82) is 0 Å². The minimum atomic E-state index is 0.590. The fourth-order valence-corrected chi connectivity index (χ4v) is 0.506. The molecule has 0 heterocycles. The molecule has 11 heavy (non-hydrogen) atoms. The Balaban J connectivity index is 3.57. The van der Waals surface area contributed by atoms with Crippen LogP contribution in [0.15, 0.2) is 4.99 Å². The largest absolute Gasteiger partial charge is 0.370 e. The number of guanidine groups is 1. The van der Waals surface area contributed by atoms with Gasteiger partial charge in [0, 0.05) is 20.6 Å². The molecule has 0 unspecified atom stereocenters. The van der Waals surface area contributed by atoms with Gasteiger partial charge in [0.25, 0.3) is 0 Å². The third-order valence-corrected chi connectivity index (χ3v) is 1.28. The molecule has 0 atom stereocenters. The SMILES string of the molecule is CN(C)CCN=C(N)N(C)C. The molecule has 4 nitrogen and oxygen atoms in total. The summed E-state index contributed by atoms with van der Waals surface area (Å²) in [5.74, 6) is 0.590. The van der Waals surface area contributed by atoms with Gasteiger partial charge in [-0.15, -0.1) is 0 Å². The number of likely N-dealkylation sites (N-methyl/N-ethyl adjacent to an activating group) is 1. The van der Waals surface area contributed by atoms with Crippen LogP contribution in [0.1, 0.15) is 0 Å². The van der Waals surface area contributed by atoms with Crippen LogP contribution >= 0.6 is 0 Å². The quantitative estimate of drug-likeness (QED) is 0.442. The van der Waals surface area contributed by atoms with Gasteiger partial charge in [-0.05, 0) is 14.1 Å². The Morgan fingerprint density at radius 1 is 1.27 bits per heavy atom. The summed E-state index contributed by atoms with van der Waals surface area (Å²) in [5, 5.41) is 0. The van der Waals surface area contributed by atoms with E-state index in [4.69, 9.17) is 5.73 Å². The summed E-state index contributed by atoms with van der Waals surface area (Å²) in [6.07, 6.45) is 0. The van der Waals surface area contributed by atoms with Crippen LogP contribution in [-0.2, 0) is 0 Å². The summed E-state index contributed by atoms with van der Waals surface area (Å²) < 4.78 is 0. The summed E-state index contributed by atoms with van der Waals surface area (Å²) >= 11 is 0. The Bertz CT molecular complexity index is 128. The number of nitrogens with zero attached hydrogens (tertiary/aromatic N) is 3. The summed E-state index contributed by atoms with van der Waals surface area (Å²) in [7, 11) is 7.80. The molecule has 0 aromatic heterocycles. The van der Waals surface area contributed by atoms with Crippen molar-refractivity contribution in [2.75, 3.05) is 41.3 Å². The van der Waals surface area contributed by atoms with E-state index in [1.165, 1.54) is 0 Å². The molecule has 0 amide bonds. The molecule has 2 N–H and O–H groups in total. The van der Waals surface area contributed by atoms with Crippen LogP contribution in [0.2, 0.25) is 0 Å². The molecule has 0 rings (SSSR count). The third-order valence-electron chi connectivity index (χ3n) is 1.28. The summed E-state index contributed by atoms with van der Waals surface area (Å²) in [6.45, 7) is 1.70. The van der Waals surface area contributed by atoms with Gasteiger partial charge in [-0.2, -0.15) is 0 Å². The maximum atomic E-state index is 5.56. The molecule has 0 aromatic rings. The van der Waals surface area contributed by atoms with Gasteiger partial charge in [0.2, 0.25) is 0 Å². The molecular formula is C7H18N4. The van der Waals surface area contributed by atoms with Crippen LogP contribution in [0.25, 0.3) is 0 Å². The van der Waals surface area contributed by atoms with Crippen LogP contribution in [0, 0.1) is 0 Å². The number of hydrogen-bond acceptors (Lipinski definition) is 2. The highest BCUT2D eigenvalue weighted by Crippen LogP contribution is 1.79. The van der Waals surface area contributed by atoms with Gasteiger partial charge in [-0.25, -0.2) is 0 Å². The van der Waals surface area contributed by atoms with Gasteiger partial charge < -0.3 is 15.5 Å². The fraction of sp³-hybridized carbons (Fsp3) is 0.857. The van der Waals surface area contributed by atoms with E-state index in [0.717, 1.165) is 13.1 Å². The molecule has 0 radical (unpaired) electrons. The van der Waals surface area contributed by atoms with Crippen LogP contribution in [0.5, 0.6) is 0 Å². The first-order valence-corrected chi connectivity index (χ1v) is 3.66. The Morgan fingerprint density at radius 2 is 1.82 bits per heavy atom. The van der Waals surface area contributed by atoms with E-state index >= 15 is 0 Å². The van der Waals surface area contributed by atoms with Crippen molar-refractivity contribution in [3.05, 3.63) is 0 Å². The zero-order valence-corrected chi connectivity index (χ0v) is 7.83. The molecule has 0 aliphatic rings. The first-order valence-electron chi connectivity index (χ1n) is 3.66. The molecule has 0 saturated heterocycles. The van der Waals surface area contributed by atoms with Gasteiger partial charge in [0.15, 0.2) is 5.96 Å². The molecular weight excluding hydrogens is 140 g/mol. The smallest absolute Gasteiger partial charge is 0.190 e. The molecule has 0 bridgehead atoms. The molecule has 66 valence electrons. The van der Waals surface area contributed by atoms with Crippen molar-refractivity contribution in [2.45, 2.75) is 0 Å². The molecule has 0 aromatic carbocycles. The van der Waals surface area contributed by atoms with Gasteiger partial charge >= 0.3 is 0 Å². The van der Waals surface area contributed by atoms with Gasteiger partial charge in [0.1, 0.15) is 0 Å². The van der Waals surface area contributed by atoms with Crippen LogP contribution in [0.3, 0.4) is 0 Å². The molecule has 4 heteroatoms. The zero-order chi connectivity index (χ0) is 8.85. The topological polar surface area (TPSA) is 44.9 Å². The monoisotopic (exact) mass is 158 g/mol. The minimum Gasteiger partial charge on any atom is -0.370 e. The van der Waals surface area contributed by atoms with E-state index in [9.17, 15) is 0 Å². The highest BCUT2D eigenvalue weighted by atomic mass is 15.2. The van der Waals surface area contributed by atoms with E-state index < -0.39 is 0 Å². The Morgan fingerprint density at radius 3 is 2.18 bits per heavy atom.